The zero-order chi connectivity index (χ0) is 10.3. The van der Waals surface area contributed by atoms with E-state index in [1.165, 1.54) is 5.56 Å². The summed E-state index contributed by atoms with van der Waals surface area (Å²) in [6, 6.07) is 6.03. The summed E-state index contributed by atoms with van der Waals surface area (Å²) < 4.78 is 0. The standard InChI is InChI=1S/C9H12ClN.C2H6/c1-3-7-4-5-8(11-2)6-9(7)10;1-2/h4-6,11H,3H2,1-2H3;1-2H3. The minimum atomic E-state index is 0.847. The Hall–Kier alpha value is -0.690. The van der Waals surface area contributed by atoms with Crippen LogP contribution in [0.25, 0.3) is 0 Å². The molecule has 0 aliphatic carbocycles. The van der Waals surface area contributed by atoms with Gasteiger partial charge in [-0.3, -0.25) is 0 Å². The number of nitrogens with one attached hydrogen (secondary N) is 1. The first kappa shape index (κ1) is 12.3. The van der Waals surface area contributed by atoms with E-state index in [1.54, 1.807) is 0 Å². The van der Waals surface area contributed by atoms with Gasteiger partial charge in [-0.25, -0.2) is 0 Å². The molecule has 0 saturated heterocycles. The number of hydrogen-bond acceptors (Lipinski definition) is 1. The van der Waals surface area contributed by atoms with Gasteiger partial charge in [0.2, 0.25) is 0 Å². The van der Waals surface area contributed by atoms with Crippen molar-refractivity contribution in [3.05, 3.63) is 28.8 Å². The van der Waals surface area contributed by atoms with Gasteiger partial charge in [-0.2, -0.15) is 0 Å². The number of halogens is 1. The van der Waals surface area contributed by atoms with Crippen molar-refractivity contribution in [3.8, 4) is 0 Å². The fourth-order valence-electron chi connectivity index (χ4n) is 0.990. The van der Waals surface area contributed by atoms with E-state index in [1.807, 2.05) is 39.1 Å². The summed E-state index contributed by atoms with van der Waals surface area (Å²) in [7, 11) is 1.89. The summed E-state index contributed by atoms with van der Waals surface area (Å²) in [5.74, 6) is 0. The van der Waals surface area contributed by atoms with Gasteiger partial charge in [0, 0.05) is 17.8 Å². The van der Waals surface area contributed by atoms with Crippen molar-refractivity contribution in [1.82, 2.24) is 0 Å². The van der Waals surface area contributed by atoms with Gasteiger partial charge in [-0.05, 0) is 24.1 Å². The Kier molecular flexibility index (Phi) is 6.43. The molecule has 74 valence electrons. The molecule has 1 aromatic rings. The summed E-state index contributed by atoms with van der Waals surface area (Å²) in [6.45, 7) is 6.10. The van der Waals surface area contributed by atoms with Crippen LogP contribution in [0.1, 0.15) is 26.3 Å². The maximum Gasteiger partial charge on any atom is 0.0458 e. The van der Waals surface area contributed by atoms with Gasteiger partial charge in [0.05, 0.1) is 0 Å². The molecule has 0 aromatic heterocycles. The van der Waals surface area contributed by atoms with Crippen LogP contribution < -0.4 is 5.32 Å². The highest BCUT2D eigenvalue weighted by Gasteiger charge is 1.97. The first-order valence-electron chi connectivity index (χ1n) is 4.74. The lowest BCUT2D eigenvalue weighted by Gasteiger charge is -2.03. The molecule has 0 atom stereocenters. The predicted octanol–water partition coefficient (Wildman–Crippen LogP) is 3.97. The van der Waals surface area contributed by atoms with Crippen LogP contribution in [0.4, 0.5) is 5.69 Å². The first-order valence-corrected chi connectivity index (χ1v) is 5.12. The van der Waals surface area contributed by atoms with Crippen LogP contribution in [0.2, 0.25) is 5.02 Å². The van der Waals surface area contributed by atoms with E-state index in [-0.39, 0.29) is 0 Å². The van der Waals surface area contributed by atoms with Crippen LogP contribution in [0.5, 0.6) is 0 Å². The average Bonchev–Trinajstić information content (AvgIpc) is 2.20. The van der Waals surface area contributed by atoms with Gasteiger partial charge < -0.3 is 5.32 Å². The van der Waals surface area contributed by atoms with Crippen LogP contribution >= 0.6 is 11.6 Å². The molecular formula is C11H18ClN. The molecule has 0 aliphatic heterocycles. The van der Waals surface area contributed by atoms with Crippen LogP contribution in [0.15, 0.2) is 18.2 Å². The molecule has 0 fully saturated rings. The maximum absolute atomic E-state index is 5.97. The third kappa shape index (κ3) is 3.69. The van der Waals surface area contributed by atoms with Gasteiger partial charge in [-0.1, -0.05) is 38.4 Å². The van der Waals surface area contributed by atoms with Crippen LogP contribution in [0.3, 0.4) is 0 Å². The molecule has 1 rings (SSSR count). The van der Waals surface area contributed by atoms with Gasteiger partial charge in [0.1, 0.15) is 0 Å². The Bertz CT molecular complexity index is 246. The quantitative estimate of drug-likeness (QED) is 0.760. The highest BCUT2D eigenvalue weighted by molar-refractivity contribution is 6.31. The summed E-state index contributed by atoms with van der Waals surface area (Å²) in [6.07, 6.45) is 0.989. The molecule has 0 saturated carbocycles. The summed E-state index contributed by atoms with van der Waals surface area (Å²) in [5, 5.41) is 3.88. The molecule has 2 heteroatoms. The van der Waals surface area contributed by atoms with E-state index < -0.39 is 0 Å². The fraction of sp³-hybridized carbons (Fsp3) is 0.455. The van der Waals surface area contributed by atoms with Crippen molar-refractivity contribution in [2.45, 2.75) is 27.2 Å². The topological polar surface area (TPSA) is 12.0 Å². The van der Waals surface area contributed by atoms with Crippen molar-refractivity contribution in [1.29, 1.82) is 0 Å². The highest BCUT2D eigenvalue weighted by Crippen LogP contribution is 2.20. The molecule has 13 heavy (non-hydrogen) atoms. The molecule has 0 bridgehead atoms. The first-order chi connectivity index (χ1) is 6.27. The van der Waals surface area contributed by atoms with E-state index in [0.717, 1.165) is 17.1 Å². The van der Waals surface area contributed by atoms with Crippen molar-refractivity contribution < 1.29 is 0 Å². The van der Waals surface area contributed by atoms with Crippen molar-refractivity contribution >= 4 is 17.3 Å². The zero-order valence-electron chi connectivity index (χ0n) is 8.82. The molecule has 0 unspecified atom stereocenters. The SMILES string of the molecule is CC.CCc1ccc(NC)cc1Cl. The number of benzene rings is 1. The number of hydrogen-bond donors (Lipinski definition) is 1. The van der Waals surface area contributed by atoms with Crippen LogP contribution in [0, 0.1) is 0 Å². The normalized spacial score (nSPS) is 8.69. The summed E-state index contributed by atoms with van der Waals surface area (Å²) in [5.41, 5.74) is 2.26. The van der Waals surface area contributed by atoms with E-state index in [4.69, 9.17) is 11.6 Å². The fourth-order valence-corrected chi connectivity index (χ4v) is 1.30. The molecule has 1 aromatic carbocycles. The Morgan fingerprint density at radius 1 is 1.31 bits per heavy atom. The molecular weight excluding hydrogens is 182 g/mol. The Balaban J connectivity index is 0.000000671. The lowest BCUT2D eigenvalue weighted by molar-refractivity contribution is 1.14. The van der Waals surface area contributed by atoms with Gasteiger partial charge in [0.15, 0.2) is 0 Å². The molecule has 0 amide bonds. The molecule has 0 heterocycles. The predicted molar refractivity (Wildman–Crippen MR) is 61.7 cm³/mol. The Morgan fingerprint density at radius 3 is 2.31 bits per heavy atom. The lowest BCUT2D eigenvalue weighted by atomic mass is 10.1. The number of aryl methyl sites for hydroxylation is 1. The van der Waals surface area contributed by atoms with Crippen molar-refractivity contribution in [2.24, 2.45) is 0 Å². The Morgan fingerprint density at radius 2 is 1.92 bits per heavy atom. The second kappa shape index (κ2) is 6.79. The second-order valence-electron chi connectivity index (χ2n) is 2.41. The van der Waals surface area contributed by atoms with Gasteiger partial charge in [0.25, 0.3) is 0 Å². The molecule has 1 N–H and O–H groups in total. The number of rotatable bonds is 2. The highest BCUT2D eigenvalue weighted by atomic mass is 35.5. The van der Waals surface area contributed by atoms with Gasteiger partial charge in [-0.15, -0.1) is 0 Å². The minimum Gasteiger partial charge on any atom is -0.388 e. The van der Waals surface area contributed by atoms with Gasteiger partial charge >= 0.3 is 0 Å². The third-order valence-electron chi connectivity index (χ3n) is 1.72. The largest absolute Gasteiger partial charge is 0.388 e. The second-order valence-corrected chi connectivity index (χ2v) is 2.82. The van der Waals surface area contributed by atoms with Crippen LogP contribution in [-0.4, -0.2) is 7.05 Å². The molecule has 0 aliphatic rings. The van der Waals surface area contributed by atoms with E-state index in [0.29, 0.717) is 0 Å². The molecule has 1 nitrogen and oxygen atoms in total. The number of anilines is 1. The molecule has 0 spiro atoms. The summed E-state index contributed by atoms with van der Waals surface area (Å²) >= 11 is 5.97. The van der Waals surface area contributed by atoms with Crippen molar-refractivity contribution in [2.75, 3.05) is 12.4 Å². The van der Waals surface area contributed by atoms with E-state index in [2.05, 4.69) is 12.2 Å². The van der Waals surface area contributed by atoms with Crippen LogP contribution in [-0.2, 0) is 6.42 Å². The third-order valence-corrected chi connectivity index (χ3v) is 2.07. The summed E-state index contributed by atoms with van der Waals surface area (Å²) in [4.78, 5) is 0. The molecule has 0 radical (unpaired) electrons. The van der Waals surface area contributed by atoms with E-state index >= 15 is 0 Å². The average molecular weight is 200 g/mol. The lowest BCUT2D eigenvalue weighted by Crippen LogP contribution is -1.89. The monoisotopic (exact) mass is 199 g/mol. The van der Waals surface area contributed by atoms with E-state index in [9.17, 15) is 0 Å². The smallest absolute Gasteiger partial charge is 0.0458 e. The zero-order valence-corrected chi connectivity index (χ0v) is 9.57. The minimum absolute atomic E-state index is 0.847. The maximum atomic E-state index is 5.97. The van der Waals surface area contributed by atoms with Crippen molar-refractivity contribution in [3.63, 3.8) is 0 Å². The Labute approximate surface area is 86.1 Å².